The fourth-order valence-electron chi connectivity index (χ4n) is 3.29. The van der Waals surface area contributed by atoms with Crippen molar-refractivity contribution < 1.29 is 14.2 Å². The van der Waals surface area contributed by atoms with Gasteiger partial charge < -0.3 is 19.5 Å². The first-order valence-electron chi connectivity index (χ1n) is 8.36. The van der Waals surface area contributed by atoms with E-state index in [-0.39, 0.29) is 11.7 Å². The number of rotatable bonds is 5. The number of benzene rings is 1. The monoisotopic (exact) mass is 305 g/mol. The first-order chi connectivity index (χ1) is 10.7. The van der Waals surface area contributed by atoms with Crippen LogP contribution in [0.15, 0.2) is 24.3 Å². The Morgan fingerprint density at radius 2 is 2.09 bits per heavy atom. The molecule has 0 bridgehead atoms. The minimum absolute atomic E-state index is 0.0229. The molecule has 1 aromatic rings. The molecule has 122 valence electrons. The Hall–Kier alpha value is -1.10. The Balaban J connectivity index is 1.49. The Morgan fingerprint density at radius 1 is 1.27 bits per heavy atom. The molecule has 2 heterocycles. The number of hydrogen-bond acceptors (Lipinski definition) is 4. The van der Waals surface area contributed by atoms with Crippen LogP contribution in [-0.2, 0) is 16.0 Å². The zero-order valence-corrected chi connectivity index (χ0v) is 13.6. The maximum atomic E-state index is 5.98. The van der Waals surface area contributed by atoms with Crippen LogP contribution >= 0.6 is 0 Å². The molecule has 2 aliphatic heterocycles. The van der Waals surface area contributed by atoms with E-state index in [9.17, 15) is 0 Å². The van der Waals surface area contributed by atoms with Gasteiger partial charge in [-0.1, -0.05) is 12.1 Å². The third kappa shape index (κ3) is 4.00. The van der Waals surface area contributed by atoms with Gasteiger partial charge in [-0.15, -0.1) is 0 Å². The Morgan fingerprint density at radius 3 is 2.77 bits per heavy atom. The maximum absolute atomic E-state index is 5.98. The molecule has 0 unspecified atom stereocenters. The van der Waals surface area contributed by atoms with E-state index in [1.54, 1.807) is 0 Å². The van der Waals surface area contributed by atoms with Gasteiger partial charge in [0.15, 0.2) is 0 Å². The standard InChI is InChI=1S/C18H27NO3/c1-14(2)22-17-5-3-15(4-6-17)12-19-16-7-9-21-18(11-16)8-10-20-13-18/h3-6,14,16,19H,7-13H2,1-2H3/t16-,18+/m0/s1. The molecular formula is C18H27NO3. The minimum Gasteiger partial charge on any atom is -0.491 e. The van der Waals surface area contributed by atoms with Gasteiger partial charge in [-0.05, 0) is 44.4 Å². The van der Waals surface area contributed by atoms with Gasteiger partial charge in [-0.2, -0.15) is 0 Å². The van der Waals surface area contributed by atoms with Crippen LogP contribution in [0.2, 0.25) is 0 Å². The molecule has 1 N–H and O–H groups in total. The number of nitrogens with one attached hydrogen (secondary N) is 1. The van der Waals surface area contributed by atoms with E-state index in [2.05, 4.69) is 17.4 Å². The smallest absolute Gasteiger partial charge is 0.119 e. The van der Waals surface area contributed by atoms with Gasteiger partial charge >= 0.3 is 0 Å². The first-order valence-corrected chi connectivity index (χ1v) is 8.36. The Labute approximate surface area is 133 Å². The van der Waals surface area contributed by atoms with Crippen molar-refractivity contribution in [3.8, 4) is 5.75 Å². The van der Waals surface area contributed by atoms with Gasteiger partial charge in [0.1, 0.15) is 5.75 Å². The molecule has 4 heteroatoms. The van der Waals surface area contributed by atoms with Gasteiger partial charge in [-0.25, -0.2) is 0 Å². The summed E-state index contributed by atoms with van der Waals surface area (Å²) in [5.41, 5.74) is 1.27. The molecule has 0 aromatic heterocycles. The lowest BCUT2D eigenvalue weighted by molar-refractivity contribution is -0.0894. The van der Waals surface area contributed by atoms with Gasteiger partial charge in [0, 0.05) is 32.2 Å². The van der Waals surface area contributed by atoms with Gasteiger partial charge in [0.2, 0.25) is 0 Å². The molecule has 1 spiro atoms. The molecule has 2 saturated heterocycles. The van der Waals surface area contributed by atoms with Crippen molar-refractivity contribution in [2.75, 3.05) is 19.8 Å². The van der Waals surface area contributed by atoms with E-state index >= 15 is 0 Å². The second-order valence-corrected chi connectivity index (χ2v) is 6.72. The van der Waals surface area contributed by atoms with E-state index in [0.29, 0.717) is 6.04 Å². The summed E-state index contributed by atoms with van der Waals surface area (Å²) in [6.45, 7) is 7.41. The summed E-state index contributed by atoms with van der Waals surface area (Å²) < 4.78 is 17.2. The largest absolute Gasteiger partial charge is 0.491 e. The molecule has 4 nitrogen and oxygen atoms in total. The third-order valence-corrected chi connectivity index (χ3v) is 4.45. The summed E-state index contributed by atoms with van der Waals surface area (Å²) in [5, 5.41) is 3.67. The summed E-state index contributed by atoms with van der Waals surface area (Å²) >= 11 is 0. The summed E-state index contributed by atoms with van der Waals surface area (Å²) in [6, 6.07) is 8.89. The van der Waals surface area contributed by atoms with E-state index in [0.717, 1.165) is 51.4 Å². The molecule has 2 atom stereocenters. The van der Waals surface area contributed by atoms with Crippen molar-refractivity contribution in [1.29, 1.82) is 0 Å². The summed E-state index contributed by atoms with van der Waals surface area (Å²) in [6.07, 6.45) is 3.39. The van der Waals surface area contributed by atoms with E-state index in [1.165, 1.54) is 5.56 Å². The Bertz CT molecular complexity index is 466. The van der Waals surface area contributed by atoms with Crippen LogP contribution < -0.4 is 10.1 Å². The fourth-order valence-corrected chi connectivity index (χ4v) is 3.29. The lowest BCUT2D eigenvalue weighted by atomic mass is 9.89. The molecule has 2 aliphatic rings. The lowest BCUT2D eigenvalue weighted by Gasteiger charge is -2.37. The van der Waals surface area contributed by atoms with Crippen molar-refractivity contribution in [1.82, 2.24) is 5.32 Å². The van der Waals surface area contributed by atoms with E-state index in [4.69, 9.17) is 14.2 Å². The highest BCUT2D eigenvalue weighted by Crippen LogP contribution is 2.32. The van der Waals surface area contributed by atoms with E-state index < -0.39 is 0 Å². The molecule has 0 aliphatic carbocycles. The topological polar surface area (TPSA) is 39.7 Å². The third-order valence-electron chi connectivity index (χ3n) is 4.45. The fraction of sp³-hybridized carbons (Fsp3) is 0.667. The normalized spacial score (nSPS) is 28.4. The van der Waals surface area contributed by atoms with Crippen LogP contribution in [0.3, 0.4) is 0 Å². The lowest BCUT2D eigenvalue weighted by Crippen LogP contribution is -2.47. The van der Waals surface area contributed by atoms with Gasteiger partial charge in [0.25, 0.3) is 0 Å². The highest BCUT2D eigenvalue weighted by Gasteiger charge is 2.40. The van der Waals surface area contributed by atoms with Crippen LogP contribution in [0.5, 0.6) is 5.75 Å². The zero-order valence-electron chi connectivity index (χ0n) is 13.6. The van der Waals surface area contributed by atoms with Gasteiger partial charge in [0.05, 0.1) is 18.3 Å². The minimum atomic E-state index is -0.0229. The zero-order chi connectivity index (χ0) is 15.4. The molecular weight excluding hydrogens is 278 g/mol. The van der Waals surface area contributed by atoms with Crippen molar-refractivity contribution in [3.05, 3.63) is 29.8 Å². The van der Waals surface area contributed by atoms with Crippen LogP contribution in [-0.4, -0.2) is 37.6 Å². The molecule has 2 fully saturated rings. The average Bonchev–Trinajstić information content (AvgIpc) is 2.94. The Kier molecular flexibility index (Phi) is 5.01. The van der Waals surface area contributed by atoms with Crippen LogP contribution in [0.25, 0.3) is 0 Å². The maximum Gasteiger partial charge on any atom is 0.119 e. The molecule has 0 amide bonds. The van der Waals surface area contributed by atoms with E-state index in [1.807, 2.05) is 26.0 Å². The average molecular weight is 305 g/mol. The molecule has 22 heavy (non-hydrogen) atoms. The number of ether oxygens (including phenoxy) is 3. The van der Waals surface area contributed by atoms with Crippen LogP contribution in [0.4, 0.5) is 0 Å². The second kappa shape index (κ2) is 6.99. The van der Waals surface area contributed by atoms with Gasteiger partial charge in [-0.3, -0.25) is 0 Å². The quantitative estimate of drug-likeness (QED) is 0.908. The van der Waals surface area contributed by atoms with Crippen LogP contribution in [0.1, 0.15) is 38.7 Å². The molecule has 0 radical (unpaired) electrons. The summed E-state index contributed by atoms with van der Waals surface area (Å²) in [5.74, 6) is 0.937. The second-order valence-electron chi connectivity index (χ2n) is 6.72. The SMILES string of the molecule is CC(C)Oc1ccc(CN[C@H]2CCO[C@]3(CCOC3)C2)cc1. The van der Waals surface area contributed by atoms with Crippen molar-refractivity contribution in [2.45, 2.75) is 57.4 Å². The highest BCUT2D eigenvalue weighted by molar-refractivity contribution is 5.27. The predicted octanol–water partition coefficient (Wildman–Crippen LogP) is 2.90. The first kappa shape index (κ1) is 15.8. The molecule has 1 aromatic carbocycles. The van der Waals surface area contributed by atoms with Crippen molar-refractivity contribution in [2.24, 2.45) is 0 Å². The molecule has 0 saturated carbocycles. The summed E-state index contributed by atoms with van der Waals surface area (Å²) in [4.78, 5) is 0. The summed E-state index contributed by atoms with van der Waals surface area (Å²) in [7, 11) is 0. The predicted molar refractivity (Wildman–Crippen MR) is 86.2 cm³/mol. The molecule has 3 rings (SSSR count). The van der Waals surface area contributed by atoms with Crippen molar-refractivity contribution >= 4 is 0 Å². The number of hydrogen-bond donors (Lipinski definition) is 1. The van der Waals surface area contributed by atoms with Crippen molar-refractivity contribution in [3.63, 3.8) is 0 Å². The highest BCUT2D eigenvalue weighted by atomic mass is 16.6. The van der Waals surface area contributed by atoms with Crippen LogP contribution in [0, 0.1) is 0 Å².